The smallest absolute Gasteiger partial charge is 0.157 e. The topological polar surface area (TPSA) is 52.5 Å². The van der Waals surface area contributed by atoms with Crippen molar-refractivity contribution in [2.45, 2.75) is 32.9 Å². The fourth-order valence-corrected chi connectivity index (χ4v) is 2.21. The van der Waals surface area contributed by atoms with Crippen molar-refractivity contribution in [3.8, 4) is 11.5 Å². The van der Waals surface area contributed by atoms with Crippen LogP contribution in [0.2, 0.25) is 0 Å². The first kappa shape index (κ1) is 14.4. The van der Waals surface area contributed by atoms with Crippen molar-refractivity contribution in [1.82, 2.24) is 5.32 Å². The Balaban J connectivity index is 1.90. The van der Waals surface area contributed by atoms with E-state index in [0.717, 1.165) is 12.0 Å². The molecule has 106 valence electrons. The van der Waals surface area contributed by atoms with E-state index in [1.807, 2.05) is 6.07 Å². The SMILES string of the molecule is Cc1ccccc1CC(C)NCc1ccc(O)c(O)c1. The molecule has 1 atom stereocenters. The Hall–Kier alpha value is -2.00. The average molecular weight is 271 g/mol. The number of benzene rings is 2. The van der Waals surface area contributed by atoms with Crippen LogP contribution in [0, 0.1) is 6.92 Å². The summed E-state index contributed by atoms with van der Waals surface area (Å²) in [7, 11) is 0. The van der Waals surface area contributed by atoms with Crippen molar-refractivity contribution >= 4 is 0 Å². The molecule has 1 unspecified atom stereocenters. The largest absolute Gasteiger partial charge is 0.504 e. The second kappa shape index (κ2) is 6.44. The van der Waals surface area contributed by atoms with Crippen LogP contribution in [0.25, 0.3) is 0 Å². The molecule has 20 heavy (non-hydrogen) atoms. The highest BCUT2D eigenvalue weighted by molar-refractivity contribution is 5.40. The van der Waals surface area contributed by atoms with Gasteiger partial charge in [-0.1, -0.05) is 30.3 Å². The van der Waals surface area contributed by atoms with E-state index in [4.69, 9.17) is 0 Å². The quantitative estimate of drug-likeness (QED) is 0.732. The molecule has 2 aromatic rings. The van der Waals surface area contributed by atoms with Crippen molar-refractivity contribution in [3.05, 3.63) is 59.2 Å². The van der Waals surface area contributed by atoms with Crippen LogP contribution >= 0.6 is 0 Å². The van der Waals surface area contributed by atoms with E-state index >= 15 is 0 Å². The number of phenols is 2. The summed E-state index contributed by atoms with van der Waals surface area (Å²) >= 11 is 0. The number of hydrogen-bond donors (Lipinski definition) is 3. The number of phenolic OH excluding ortho intramolecular Hbond substituents is 2. The third kappa shape index (κ3) is 3.75. The first-order valence-electron chi connectivity index (χ1n) is 6.85. The average Bonchev–Trinajstić information content (AvgIpc) is 2.43. The molecule has 0 aliphatic rings. The van der Waals surface area contributed by atoms with Gasteiger partial charge in [0.1, 0.15) is 0 Å². The highest BCUT2D eigenvalue weighted by Gasteiger charge is 2.06. The maximum Gasteiger partial charge on any atom is 0.157 e. The molecule has 2 aromatic carbocycles. The lowest BCUT2D eigenvalue weighted by Gasteiger charge is -2.15. The summed E-state index contributed by atoms with van der Waals surface area (Å²) < 4.78 is 0. The summed E-state index contributed by atoms with van der Waals surface area (Å²) in [5, 5.41) is 22.2. The van der Waals surface area contributed by atoms with Gasteiger partial charge in [0, 0.05) is 12.6 Å². The van der Waals surface area contributed by atoms with Crippen LogP contribution in [0.15, 0.2) is 42.5 Å². The van der Waals surface area contributed by atoms with Gasteiger partial charge >= 0.3 is 0 Å². The van der Waals surface area contributed by atoms with Gasteiger partial charge < -0.3 is 15.5 Å². The number of aryl methyl sites for hydroxylation is 1. The molecule has 0 aliphatic carbocycles. The van der Waals surface area contributed by atoms with Gasteiger partial charge in [-0.05, 0) is 49.1 Å². The monoisotopic (exact) mass is 271 g/mol. The number of rotatable bonds is 5. The standard InChI is InChI=1S/C17H21NO2/c1-12-5-3-4-6-15(12)9-13(2)18-11-14-7-8-16(19)17(20)10-14/h3-8,10,13,18-20H,9,11H2,1-2H3. The Kier molecular flexibility index (Phi) is 4.64. The summed E-state index contributed by atoms with van der Waals surface area (Å²) in [4.78, 5) is 0. The third-order valence-electron chi connectivity index (χ3n) is 3.48. The Labute approximate surface area is 119 Å². The highest BCUT2D eigenvalue weighted by atomic mass is 16.3. The molecule has 3 heteroatoms. The van der Waals surface area contributed by atoms with Gasteiger partial charge in [-0.2, -0.15) is 0 Å². The summed E-state index contributed by atoms with van der Waals surface area (Å²) in [6, 6.07) is 13.6. The van der Waals surface area contributed by atoms with Gasteiger partial charge in [0.15, 0.2) is 11.5 Å². The molecule has 0 bridgehead atoms. The lowest BCUT2D eigenvalue weighted by molar-refractivity contribution is 0.402. The Bertz CT molecular complexity index is 581. The summed E-state index contributed by atoms with van der Waals surface area (Å²) in [5.74, 6) is -0.155. The van der Waals surface area contributed by atoms with E-state index < -0.39 is 0 Å². The predicted molar refractivity (Wildman–Crippen MR) is 81.0 cm³/mol. The van der Waals surface area contributed by atoms with Gasteiger partial charge in [-0.25, -0.2) is 0 Å². The molecule has 3 N–H and O–H groups in total. The van der Waals surface area contributed by atoms with Crippen molar-refractivity contribution in [1.29, 1.82) is 0 Å². The highest BCUT2D eigenvalue weighted by Crippen LogP contribution is 2.24. The van der Waals surface area contributed by atoms with Crippen LogP contribution in [0.5, 0.6) is 11.5 Å². The molecule has 0 spiro atoms. The molecule has 0 saturated carbocycles. The molecular weight excluding hydrogens is 250 g/mol. The van der Waals surface area contributed by atoms with Crippen LogP contribution in [-0.2, 0) is 13.0 Å². The van der Waals surface area contributed by atoms with E-state index in [-0.39, 0.29) is 11.5 Å². The summed E-state index contributed by atoms with van der Waals surface area (Å²) in [6.07, 6.45) is 0.969. The maximum atomic E-state index is 9.46. The second-order valence-corrected chi connectivity index (χ2v) is 5.24. The third-order valence-corrected chi connectivity index (χ3v) is 3.48. The van der Waals surface area contributed by atoms with Gasteiger partial charge in [0.2, 0.25) is 0 Å². The molecule has 2 rings (SSSR count). The minimum atomic E-state index is -0.0818. The van der Waals surface area contributed by atoms with E-state index in [1.165, 1.54) is 17.2 Å². The van der Waals surface area contributed by atoms with Crippen molar-refractivity contribution < 1.29 is 10.2 Å². The minimum Gasteiger partial charge on any atom is -0.504 e. The van der Waals surface area contributed by atoms with Gasteiger partial charge in [-0.3, -0.25) is 0 Å². The number of hydrogen-bond acceptors (Lipinski definition) is 3. The molecule has 0 aliphatic heterocycles. The maximum absolute atomic E-state index is 9.46. The van der Waals surface area contributed by atoms with E-state index in [0.29, 0.717) is 12.6 Å². The van der Waals surface area contributed by atoms with Crippen molar-refractivity contribution in [2.75, 3.05) is 0 Å². The zero-order chi connectivity index (χ0) is 14.5. The number of nitrogens with one attached hydrogen (secondary N) is 1. The first-order chi connectivity index (χ1) is 9.56. The minimum absolute atomic E-state index is 0.0733. The molecule has 0 saturated heterocycles. The predicted octanol–water partition coefficient (Wildman–Crippen LogP) is 3.13. The molecule has 0 heterocycles. The van der Waals surface area contributed by atoms with Crippen LogP contribution in [-0.4, -0.2) is 16.3 Å². The lowest BCUT2D eigenvalue weighted by Crippen LogP contribution is -2.27. The van der Waals surface area contributed by atoms with Gasteiger partial charge in [0.05, 0.1) is 0 Å². The van der Waals surface area contributed by atoms with Gasteiger partial charge in [-0.15, -0.1) is 0 Å². The van der Waals surface area contributed by atoms with E-state index in [1.54, 1.807) is 6.07 Å². The molecular formula is C17H21NO2. The molecule has 3 nitrogen and oxygen atoms in total. The van der Waals surface area contributed by atoms with E-state index in [9.17, 15) is 10.2 Å². The second-order valence-electron chi connectivity index (χ2n) is 5.24. The van der Waals surface area contributed by atoms with Crippen LogP contribution < -0.4 is 5.32 Å². The Morgan fingerprint density at radius 1 is 1.05 bits per heavy atom. The van der Waals surface area contributed by atoms with Crippen LogP contribution in [0.4, 0.5) is 0 Å². The molecule has 0 fully saturated rings. The molecule has 0 aromatic heterocycles. The molecule has 0 amide bonds. The van der Waals surface area contributed by atoms with E-state index in [2.05, 4.69) is 43.4 Å². The number of aromatic hydroxyl groups is 2. The van der Waals surface area contributed by atoms with Crippen molar-refractivity contribution in [2.24, 2.45) is 0 Å². The zero-order valence-corrected chi connectivity index (χ0v) is 11.9. The van der Waals surface area contributed by atoms with Crippen LogP contribution in [0.1, 0.15) is 23.6 Å². The summed E-state index contributed by atoms with van der Waals surface area (Å²) in [6.45, 7) is 4.94. The van der Waals surface area contributed by atoms with Crippen LogP contribution in [0.3, 0.4) is 0 Å². The Morgan fingerprint density at radius 3 is 2.50 bits per heavy atom. The fourth-order valence-electron chi connectivity index (χ4n) is 2.21. The zero-order valence-electron chi connectivity index (χ0n) is 11.9. The summed E-state index contributed by atoms with van der Waals surface area (Å²) in [5.41, 5.74) is 3.61. The normalized spacial score (nSPS) is 12.3. The van der Waals surface area contributed by atoms with Crippen molar-refractivity contribution in [3.63, 3.8) is 0 Å². The fraction of sp³-hybridized carbons (Fsp3) is 0.294. The van der Waals surface area contributed by atoms with Gasteiger partial charge in [0.25, 0.3) is 0 Å². The Morgan fingerprint density at radius 2 is 1.80 bits per heavy atom. The lowest BCUT2D eigenvalue weighted by atomic mass is 10.0. The first-order valence-corrected chi connectivity index (χ1v) is 6.85. The molecule has 0 radical (unpaired) electrons.